The van der Waals surface area contributed by atoms with Gasteiger partial charge in [0, 0.05) is 53.3 Å². The van der Waals surface area contributed by atoms with Crippen molar-refractivity contribution in [2.24, 2.45) is 0 Å². The van der Waals surface area contributed by atoms with E-state index >= 15 is 0 Å². The lowest BCUT2D eigenvalue weighted by Crippen LogP contribution is -2.00. The lowest BCUT2D eigenvalue weighted by atomic mass is 9.97. The second kappa shape index (κ2) is 11.6. The van der Waals surface area contributed by atoms with Gasteiger partial charge in [-0.15, -0.1) is 11.3 Å². The summed E-state index contributed by atoms with van der Waals surface area (Å²) < 4.78 is 4.81. The van der Waals surface area contributed by atoms with Gasteiger partial charge in [-0.3, -0.25) is 0 Å². The van der Waals surface area contributed by atoms with Crippen LogP contribution in [0.5, 0.6) is 0 Å². The maximum absolute atomic E-state index is 5.10. The van der Waals surface area contributed by atoms with Gasteiger partial charge >= 0.3 is 0 Å². The number of rotatable bonds is 5. The summed E-state index contributed by atoms with van der Waals surface area (Å²) in [6, 6.07) is 59.7. The number of nitrogens with zero attached hydrogens (tertiary/aromatic N) is 4. The molecule has 10 aromatic rings. The molecule has 50 heavy (non-hydrogen) atoms. The summed E-state index contributed by atoms with van der Waals surface area (Å²) in [6.45, 7) is 0. The van der Waals surface area contributed by atoms with Crippen molar-refractivity contribution in [3.05, 3.63) is 170 Å². The molecule has 0 saturated carbocycles. The molecule has 0 amide bonds. The average Bonchev–Trinajstić information content (AvgIpc) is 3.74. The minimum absolute atomic E-state index is 0.660. The van der Waals surface area contributed by atoms with Crippen LogP contribution in [0.4, 0.5) is 0 Å². The molecule has 0 aliphatic carbocycles. The van der Waals surface area contributed by atoms with Gasteiger partial charge in [-0.25, -0.2) is 15.0 Å². The second-order valence-corrected chi connectivity index (χ2v) is 13.5. The van der Waals surface area contributed by atoms with Gasteiger partial charge < -0.3 is 4.57 Å². The molecule has 0 bridgehead atoms. The monoisotopic (exact) mass is 656 g/mol. The molecule has 3 heterocycles. The SMILES string of the molecule is c1ccc(-c2nc(-c3ccccc3)nc(-c3cccc4sc5ccc(-c6cccc7c6c6ccccc6n7-c6ccccc6)cc5c34)n2)cc1. The summed E-state index contributed by atoms with van der Waals surface area (Å²) in [7, 11) is 0. The molecule has 5 heteroatoms. The molecule has 0 unspecified atom stereocenters. The standard InChI is InChI=1S/C45H28N4S/c1-4-14-29(15-5-1)43-46-44(30-16-6-2-7-17-30)48-45(47-43)35-22-13-25-40-42(35)36-28-31(26-27-39(36)50-40)33-21-12-24-38-41(33)34-20-10-11-23-37(34)49(38)32-18-8-3-9-19-32/h1-28H. The van der Waals surface area contributed by atoms with Gasteiger partial charge in [-0.05, 0) is 53.6 Å². The van der Waals surface area contributed by atoms with Crippen LogP contribution in [0.15, 0.2) is 170 Å². The first-order valence-corrected chi connectivity index (χ1v) is 17.5. The Balaban J connectivity index is 1.21. The van der Waals surface area contributed by atoms with E-state index in [9.17, 15) is 0 Å². The number of fused-ring (bicyclic) bond motifs is 6. The summed E-state index contributed by atoms with van der Waals surface area (Å²) in [5.74, 6) is 1.99. The Morgan fingerprint density at radius 2 is 0.980 bits per heavy atom. The van der Waals surface area contributed by atoms with Crippen LogP contribution in [0, 0.1) is 0 Å². The zero-order valence-corrected chi connectivity index (χ0v) is 27.7. The van der Waals surface area contributed by atoms with E-state index in [1.807, 2.05) is 47.7 Å². The minimum Gasteiger partial charge on any atom is -0.309 e. The number of para-hydroxylation sites is 2. The molecule has 0 spiro atoms. The summed E-state index contributed by atoms with van der Waals surface area (Å²) in [6.07, 6.45) is 0. The first-order valence-electron chi connectivity index (χ1n) is 16.7. The Hall–Kier alpha value is -6.43. The predicted molar refractivity (Wildman–Crippen MR) is 209 cm³/mol. The fraction of sp³-hybridized carbons (Fsp3) is 0. The molecule has 0 fully saturated rings. The van der Waals surface area contributed by atoms with Gasteiger partial charge in [0.25, 0.3) is 0 Å². The molecule has 234 valence electrons. The Labute approximate surface area is 292 Å². The lowest BCUT2D eigenvalue weighted by molar-refractivity contribution is 1.08. The largest absolute Gasteiger partial charge is 0.309 e. The topological polar surface area (TPSA) is 43.6 Å². The fourth-order valence-corrected chi connectivity index (χ4v) is 8.34. The zero-order valence-electron chi connectivity index (χ0n) is 26.9. The summed E-state index contributed by atoms with van der Waals surface area (Å²) in [5, 5.41) is 4.86. The van der Waals surface area contributed by atoms with Crippen molar-refractivity contribution in [3.63, 3.8) is 0 Å². The normalized spacial score (nSPS) is 11.6. The van der Waals surface area contributed by atoms with Crippen LogP contribution in [0.1, 0.15) is 0 Å². The van der Waals surface area contributed by atoms with E-state index in [0.29, 0.717) is 17.5 Å². The van der Waals surface area contributed by atoms with Gasteiger partial charge in [0.05, 0.1) is 11.0 Å². The minimum atomic E-state index is 0.660. The van der Waals surface area contributed by atoms with Gasteiger partial charge in [-0.2, -0.15) is 0 Å². The molecule has 7 aromatic carbocycles. The van der Waals surface area contributed by atoms with Crippen molar-refractivity contribution in [1.29, 1.82) is 0 Å². The highest BCUT2D eigenvalue weighted by Gasteiger charge is 2.19. The number of hydrogen-bond donors (Lipinski definition) is 0. The van der Waals surface area contributed by atoms with Gasteiger partial charge in [-0.1, -0.05) is 127 Å². The molecule has 0 atom stereocenters. The molecular weight excluding hydrogens is 629 g/mol. The summed E-state index contributed by atoms with van der Waals surface area (Å²) in [4.78, 5) is 15.1. The Morgan fingerprint density at radius 3 is 1.72 bits per heavy atom. The molecule has 0 saturated heterocycles. The van der Waals surface area contributed by atoms with E-state index < -0.39 is 0 Å². The highest BCUT2D eigenvalue weighted by molar-refractivity contribution is 7.26. The van der Waals surface area contributed by atoms with Crippen molar-refractivity contribution in [2.45, 2.75) is 0 Å². The smallest absolute Gasteiger partial charge is 0.164 e. The number of benzene rings is 7. The van der Waals surface area contributed by atoms with Crippen molar-refractivity contribution in [1.82, 2.24) is 19.5 Å². The van der Waals surface area contributed by atoms with E-state index in [-0.39, 0.29) is 0 Å². The molecule has 10 rings (SSSR count). The van der Waals surface area contributed by atoms with Crippen LogP contribution in [-0.2, 0) is 0 Å². The molecule has 0 N–H and O–H groups in total. The zero-order chi connectivity index (χ0) is 33.0. The van der Waals surface area contributed by atoms with Crippen LogP contribution in [0.3, 0.4) is 0 Å². The van der Waals surface area contributed by atoms with Crippen LogP contribution in [0.2, 0.25) is 0 Å². The lowest BCUT2D eigenvalue weighted by Gasteiger charge is -2.10. The number of thiophene rings is 1. The van der Waals surface area contributed by atoms with Crippen LogP contribution in [-0.4, -0.2) is 19.5 Å². The van der Waals surface area contributed by atoms with Crippen LogP contribution < -0.4 is 0 Å². The molecular formula is C45H28N4S. The van der Waals surface area contributed by atoms with Gasteiger partial charge in [0.2, 0.25) is 0 Å². The molecule has 0 aliphatic rings. The summed E-state index contributed by atoms with van der Waals surface area (Å²) >= 11 is 1.81. The molecule has 0 radical (unpaired) electrons. The van der Waals surface area contributed by atoms with Crippen LogP contribution >= 0.6 is 11.3 Å². The van der Waals surface area contributed by atoms with Crippen molar-refractivity contribution < 1.29 is 0 Å². The maximum atomic E-state index is 5.10. The fourth-order valence-electron chi connectivity index (χ4n) is 7.22. The Morgan fingerprint density at radius 1 is 0.380 bits per heavy atom. The van der Waals surface area contributed by atoms with Crippen molar-refractivity contribution >= 4 is 53.3 Å². The quantitative estimate of drug-likeness (QED) is 0.185. The third-order valence-electron chi connectivity index (χ3n) is 9.46. The molecule has 4 nitrogen and oxygen atoms in total. The first kappa shape index (κ1) is 28.6. The third-order valence-corrected chi connectivity index (χ3v) is 10.6. The molecule has 0 aliphatic heterocycles. The van der Waals surface area contributed by atoms with E-state index in [1.54, 1.807) is 0 Å². The Kier molecular flexibility index (Phi) is 6.64. The van der Waals surface area contributed by atoms with E-state index in [0.717, 1.165) is 27.8 Å². The van der Waals surface area contributed by atoms with Crippen molar-refractivity contribution in [2.75, 3.05) is 0 Å². The maximum Gasteiger partial charge on any atom is 0.164 e. The van der Waals surface area contributed by atoms with E-state index in [4.69, 9.17) is 15.0 Å². The third kappa shape index (κ3) is 4.63. The number of aromatic nitrogens is 4. The summed E-state index contributed by atoms with van der Waals surface area (Å²) in [5.41, 5.74) is 8.86. The highest BCUT2D eigenvalue weighted by Crippen LogP contribution is 2.44. The second-order valence-electron chi connectivity index (χ2n) is 12.4. The van der Waals surface area contributed by atoms with E-state index in [2.05, 4.69) is 138 Å². The van der Waals surface area contributed by atoms with Crippen LogP contribution in [0.25, 0.3) is 93.0 Å². The average molecular weight is 657 g/mol. The van der Waals surface area contributed by atoms with E-state index in [1.165, 1.54) is 47.7 Å². The predicted octanol–water partition coefficient (Wildman–Crippen LogP) is 12.0. The number of hydrogen-bond acceptors (Lipinski definition) is 4. The first-order chi connectivity index (χ1) is 24.8. The van der Waals surface area contributed by atoms with Crippen molar-refractivity contribution in [3.8, 4) is 51.0 Å². The Bertz CT molecular complexity index is 2800. The molecule has 3 aromatic heterocycles. The van der Waals surface area contributed by atoms with Gasteiger partial charge in [0.1, 0.15) is 0 Å². The van der Waals surface area contributed by atoms with Gasteiger partial charge in [0.15, 0.2) is 17.5 Å². The highest BCUT2D eigenvalue weighted by atomic mass is 32.1.